The fraction of sp³-hybridized carbons (Fsp3) is 0.200. The lowest BCUT2D eigenvalue weighted by atomic mass is 10.2. The molecule has 0 unspecified atom stereocenters. The maximum atomic E-state index is 12.0. The number of aromatic nitrogens is 4. The molecule has 154 valence electrons. The van der Waals surface area contributed by atoms with Crippen molar-refractivity contribution in [1.82, 2.24) is 25.1 Å². The van der Waals surface area contributed by atoms with Crippen LogP contribution in [0.5, 0.6) is 17.4 Å². The van der Waals surface area contributed by atoms with Crippen LogP contribution in [0.4, 0.5) is 0 Å². The zero-order valence-electron chi connectivity index (χ0n) is 16.4. The number of rotatable bonds is 8. The second kappa shape index (κ2) is 8.78. The molecular weight excluding hydrogens is 406 g/mol. The van der Waals surface area contributed by atoms with Crippen LogP contribution >= 0.6 is 11.3 Å². The monoisotopic (exact) mass is 425 g/mol. The largest absolute Gasteiger partial charge is 0.497 e. The summed E-state index contributed by atoms with van der Waals surface area (Å²) in [5, 5.41) is 17.5. The number of methoxy groups -OCH3 is 2. The third-order valence-electron chi connectivity index (χ3n) is 4.27. The van der Waals surface area contributed by atoms with E-state index < -0.39 is 0 Å². The fourth-order valence-corrected chi connectivity index (χ4v) is 3.46. The van der Waals surface area contributed by atoms with E-state index in [0.717, 1.165) is 5.56 Å². The van der Waals surface area contributed by atoms with Gasteiger partial charge in [-0.05, 0) is 29.6 Å². The maximum Gasteiger partial charge on any atom is 0.261 e. The Morgan fingerprint density at radius 1 is 1.13 bits per heavy atom. The van der Waals surface area contributed by atoms with Gasteiger partial charge in [-0.1, -0.05) is 6.07 Å². The van der Waals surface area contributed by atoms with Gasteiger partial charge in [0.15, 0.2) is 11.5 Å². The standard InChI is InChI=1S/C20H19N5O4S/c1-27-13-5-6-14(15(12-13)28-2)19-23-22-17-7-8-18(24-25(17)19)29-10-9-21-20(26)16-4-3-11-30-16/h3-8,11-12H,9-10H2,1-2H3,(H,21,26). The zero-order valence-corrected chi connectivity index (χ0v) is 17.2. The van der Waals surface area contributed by atoms with Crippen LogP contribution in [0.1, 0.15) is 9.67 Å². The minimum absolute atomic E-state index is 0.121. The summed E-state index contributed by atoms with van der Waals surface area (Å²) in [7, 11) is 3.17. The molecule has 3 heterocycles. The quantitative estimate of drug-likeness (QED) is 0.433. The highest BCUT2D eigenvalue weighted by molar-refractivity contribution is 7.12. The second-order valence-electron chi connectivity index (χ2n) is 6.11. The summed E-state index contributed by atoms with van der Waals surface area (Å²) in [5.74, 6) is 2.05. The highest BCUT2D eigenvalue weighted by atomic mass is 32.1. The molecule has 0 saturated heterocycles. The van der Waals surface area contributed by atoms with Crippen LogP contribution in [0.25, 0.3) is 17.0 Å². The van der Waals surface area contributed by atoms with E-state index in [2.05, 4.69) is 20.6 Å². The third-order valence-corrected chi connectivity index (χ3v) is 5.14. The Morgan fingerprint density at radius 2 is 2.03 bits per heavy atom. The van der Waals surface area contributed by atoms with Crippen LogP contribution in [0.2, 0.25) is 0 Å². The Balaban J connectivity index is 1.49. The van der Waals surface area contributed by atoms with Gasteiger partial charge in [0.05, 0.1) is 31.2 Å². The van der Waals surface area contributed by atoms with Crippen molar-refractivity contribution in [3.05, 3.63) is 52.7 Å². The minimum Gasteiger partial charge on any atom is -0.497 e. The molecule has 4 aromatic rings. The molecule has 30 heavy (non-hydrogen) atoms. The average Bonchev–Trinajstić information content (AvgIpc) is 3.46. The topological polar surface area (TPSA) is 99.9 Å². The van der Waals surface area contributed by atoms with Gasteiger partial charge < -0.3 is 19.5 Å². The summed E-state index contributed by atoms with van der Waals surface area (Å²) in [5.41, 5.74) is 1.29. The first-order chi connectivity index (χ1) is 14.7. The van der Waals surface area contributed by atoms with Crippen LogP contribution in [-0.2, 0) is 0 Å². The molecule has 0 saturated carbocycles. The van der Waals surface area contributed by atoms with Crippen molar-refractivity contribution in [2.45, 2.75) is 0 Å². The van der Waals surface area contributed by atoms with Gasteiger partial charge >= 0.3 is 0 Å². The van der Waals surface area contributed by atoms with Crippen molar-refractivity contribution in [1.29, 1.82) is 0 Å². The number of thiophene rings is 1. The first kappa shape index (κ1) is 19.6. The Bertz CT molecular complexity index is 1160. The molecule has 0 fully saturated rings. The van der Waals surface area contributed by atoms with E-state index in [4.69, 9.17) is 14.2 Å². The number of ether oxygens (including phenoxy) is 3. The van der Waals surface area contributed by atoms with Gasteiger partial charge in [-0.15, -0.1) is 26.6 Å². The predicted octanol–water partition coefficient (Wildman–Crippen LogP) is 2.68. The lowest BCUT2D eigenvalue weighted by Crippen LogP contribution is -2.27. The molecule has 0 bridgehead atoms. The molecule has 0 aliphatic rings. The molecule has 1 amide bonds. The lowest BCUT2D eigenvalue weighted by Gasteiger charge is -2.10. The molecule has 1 N–H and O–H groups in total. The molecule has 0 aliphatic heterocycles. The zero-order chi connectivity index (χ0) is 20.9. The average molecular weight is 425 g/mol. The highest BCUT2D eigenvalue weighted by Crippen LogP contribution is 2.32. The first-order valence-corrected chi connectivity index (χ1v) is 9.97. The summed E-state index contributed by atoms with van der Waals surface area (Å²) < 4.78 is 18.0. The smallest absolute Gasteiger partial charge is 0.261 e. The van der Waals surface area contributed by atoms with E-state index >= 15 is 0 Å². The number of nitrogens with one attached hydrogen (secondary N) is 1. The van der Waals surface area contributed by atoms with Crippen molar-refractivity contribution < 1.29 is 19.0 Å². The van der Waals surface area contributed by atoms with E-state index in [1.807, 2.05) is 23.6 Å². The molecule has 10 heteroatoms. The van der Waals surface area contributed by atoms with Crippen molar-refractivity contribution in [3.63, 3.8) is 0 Å². The van der Waals surface area contributed by atoms with E-state index in [9.17, 15) is 4.79 Å². The van der Waals surface area contributed by atoms with E-state index in [1.54, 1.807) is 43.0 Å². The van der Waals surface area contributed by atoms with Crippen LogP contribution in [-0.4, -0.2) is 53.1 Å². The van der Waals surface area contributed by atoms with Gasteiger partial charge in [-0.2, -0.15) is 4.52 Å². The van der Waals surface area contributed by atoms with Crippen LogP contribution in [0.15, 0.2) is 47.8 Å². The number of amides is 1. The van der Waals surface area contributed by atoms with E-state index in [0.29, 0.717) is 40.3 Å². The normalized spacial score (nSPS) is 10.7. The van der Waals surface area contributed by atoms with Crippen molar-refractivity contribution in [2.75, 3.05) is 27.4 Å². The van der Waals surface area contributed by atoms with Gasteiger partial charge in [0.2, 0.25) is 5.88 Å². The molecule has 0 radical (unpaired) electrons. The number of carbonyl (C=O) groups excluding carboxylic acids is 1. The summed E-state index contributed by atoms with van der Waals surface area (Å²) in [6.45, 7) is 0.636. The van der Waals surface area contributed by atoms with Crippen molar-refractivity contribution >= 4 is 22.9 Å². The van der Waals surface area contributed by atoms with E-state index in [1.165, 1.54) is 11.3 Å². The van der Waals surface area contributed by atoms with Crippen molar-refractivity contribution in [3.8, 4) is 28.8 Å². The Hall–Kier alpha value is -3.66. The molecule has 0 atom stereocenters. The molecule has 1 aromatic carbocycles. The van der Waals surface area contributed by atoms with E-state index in [-0.39, 0.29) is 12.5 Å². The fourth-order valence-electron chi connectivity index (χ4n) is 2.82. The molecule has 3 aromatic heterocycles. The number of carbonyl (C=O) groups is 1. The predicted molar refractivity (Wildman–Crippen MR) is 111 cm³/mol. The molecular formula is C20H19N5O4S. The third kappa shape index (κ3) is 4.03. The summed E-state index contributed by atoms with van der Waals surface area (Å²) in [4.78, 5) is 12.6. The van der Waals surface area contributed by atoms with Crippen LogP contribution in [0, 0.1) is 0 Å². The van der Waals surface area contributed by atoms with Gasteiger partial charge in [-0.25, -0.2) is 0 Å². The Labute approximate surface area is 176 Å². The summed E-state index contributed by atoms with van der Waals surface area (Å²) in [6, 6.07) is 12.5. The second-order valence-corrected chi connectivity index (χ2v) is 7.06. The van der Waals surface area contributed by atoms with Gasteiger partial charge in [0.1, 0.15) is 18.1 Å². The number of hydrogen-bond donors (Lipinski definition) is 1. The highest BCUT2D eigenvalue weighted by Gasteiger charge is 2.16. The summed E-state index contributed by atoms with van der Waals surface area (Å²) >= 11 is 1.39. The Morgan fingerprint density at radius 3 is 2.80 bits per heavy atom. The van der Waals surface area contributed by atoms with Gasteiger partial charge in [-0.3, -0.25) is 4.79 Å². The first-order valence-electron chi connectivity index (χ1n) is 9.09. The lowest BCUT2D eigenvalue weighted by molar-refractivity contribution is 0.0950. The summed E-state index contributed by atoms with van der Waals surface area (Å²) in [6.07, 6.45) is 0. The maximum absolute atomic E-state index is 12.0. The number of fused-ring (bicyclic) bond motifs is 1. The number of nitrogens with zero attached hydrogens (tertiary/aromatic N) is 4. The van der Waals surface area contributed by atoms with Gasteiger partial charge in [0, 0.05) is 12.1 Å². The minimum atomic E-state index is -0.121. The number of hydrogen-bond acceptors (Lipinski definition) is 8. The van der Waals surface area contributed by atoms with Crippen LogP contribution < -0.4 is 19.5 Å². The number of benzene rings is 1. The van der Waals surface area contributed by atoms with Crippen LogP contribution in [0.3, 0.4) is 0 Å². The molecule has 0 aliphatic carbocycles. The molecule has 4 rings (SSSR count). The van der Waals surface area contributed by atoms with Gasteiger partial charge in [0.25, 0.3) is 5.91 Å². The molecule has 0 spiro atoms. The molecule has 9 nitrogen and oxygen atoms in total. The SMILES string of the molecule is COc1ccc(-c2nnc3ccc(OCCNC(=O)c4cccs4)nn23)c(OC)c1. The Kier molecular flexibility index (Phi) is 5.75. The van der Waals surface area contributed by atoms with Crippen molar-refractivity contribution in [2.24, 2.45) is 0 Å².